The molecule has 0 aliphatic heterocycles. The van der Waals surface area contributed by atoms with Crippen molar-refractivity contribution in [1.82, 2.24) is 19.6 Å². The summed E-state index contributed by atoms with van der Waals surface area (Å²) in [5.41, 5.74) is 2.45. The molecular formula is C13H14N4S. The van der Waals surface area contributed by atoms with E-state index < -0.39 is 0 Å². The summed E-state index contributed by atoms with van der Waals surface area (Å²) in [6, 6.07) is 0. The highest BCUT2D eigenvalue weighted by atomic mass is 32.1. The van der Waals surface area contributed by atoms with E-state index in [0.29, 0.717) is 0 Å². The summed E-state index contributed by atoms with van der Waals surface area (Å²) in [5.74, 6) is 1.70. The van der Waals surface area contributed by atoms with E-state index >= 15 is 0 Å². The Bertz CT molecular complexity index is 755. The van der Waals surface area contributed by atoms with Crippen LogP contribution in [0.25, 0.3) is 15.9 Å². The fourth-order valence-corrected chi connectivity index (χ4v) is 4.19. The summed E-state index contributed by atoms with van der Waals surface area (Å²) in [4.78, 5) is 7.20. The minimum Gasteiger partial charge on any atom is -0.269 e. The maximum absolute atomic E-state index is 4.57. The molecule has 0 saturated heterocycles. The first-order valence-corrected chi connectivity index (χ1v) is 7.16. The van der Waals surface area contributed by atoms with Gasteiger partial charge in [0.05, 0.1) is 5.39 Å². The predicted octanol–water partition coefficient (Wildman–Crippen LogP) is 2.77. The van der Waals surface area contributed by atoms with Gasteiger partial charge in [-0.2, -0.15) is 0 Å². The van der Waals surface area contributed by atoms with Crippen LogP contribution in [0.2, 0.25) is 0 Å². The van der Waals surface area contributed by atoms with Crippen molar-refractivity contribution < 1.29 is 0 Å². The van der Waals surface area contributed by atoms with Crippen molar-refractivity contribution in [3.05, 3.63) is 22.6 Å². The van der Waals surface area contributed by atoms with E-state index in [-0.39, 0.29) is 0 Å². The van der Waals surface area contributed by atoms with Gasteiger partial charge in [0, 0.05) is 4.88 Å². The average molecular weight is 258 g/mol. The van der Waals surface area contributed by atoms with E-state index in [9.17, 15) is 0 Å². The predicted molar refractivity (Wildman–Crippen MR) is 72.1 cm³/mol. The van der Waals surface area contributed by atoms with E-state index in [1.807, 2.05) is 29.0 Å². The van der Waals surface area contributed by atoms with Crippen molar-refractivity contribution in [3.63, 3.8) is 0 Å². The second-order valence-corrected chi connectivity index (χ2v) is 6.30. The van der Waals surface area contributed by atoms with Crippen LogP contribution >= 0.6 is 11.3 Å². The smallest absolute Gasteiger partial charge is 0.172 e. The van der Waals surface area contributed by atoms with Gasteiger partial charge in [0.15, 0.2) is 5.65 Å². The zero-order valence-corrected chi connectivity index (χ0v) is 11.3. The van der Waals surface area contributed by atoms with E-state index in [2.05, 4.69) is 22.1 Å². The summed E-state index contributed by atoms with van der Waals surface area (Å²) in [6.07, 6.45) is 5.46. The Labute approximate surface area is 109 Å². The van der Waals surface area contributed by atoms with Crippen LogP contribution in [0.15, 0.2) is 6.33 Å². The molecule has 1 aliphatic rings. The Balaban J connectivity index is 2.12. The van der Waals surface area contributed by atoms with E-state index in [4.69, 9.17) is 0 Å². The molecule has 0 saturated carbocycles. The first kappa shape index (κ1) is 10.4. The SMILES string of the molecule is Cc1nnc2c3c4c(sc3ncn12)CC(C)CC4. The average Bonchev–Trinajstić information content (AvgIpc) is 2.89. The minimum atomic E-state index is 0.793. The molecule has 3 aromatic heterocycles. The monoisotopic (exact) mass is 258 g/mol. The number of aryl methyl sites for hydroxylation is 2. The van der Waals surface area contributed by atoms with Crippen LogP contribution in [0, 0.1) is 12.8 Å². The van der Waals surface area contributed by atoms with Gasteiger partial charge in [-0.05, 0) is 37.7 Å². The number of fused-ring (bicyclic) bond motifs is 5. The summed E-state index contributed by atoms with van der Waals surface area (Å²) < 4.78 is 1.99. The van der Waals surface area contributed by atoms with Crippen molar-refractivity contribution in [1.29, 1.82) is 0 Å². The van der Waals surface area contributed by atoms with Crippen LogP contribution in [0.4, 0.5) is 0 Å². The molecule has 18 heavy (non-hydrogen) atoms. The second-order valence-electron chi connectivity index (χ2n) is 5.22. The van der Waals surface area contributed by atoms with E-state index in [1.165, 1.54) is 28.7 Å². The highest BCUT2D eigenvalue weighted by Crippen LogP contribution is 2.38. The maximum Gasteiger partial charge on any atom is 0.172 e. The molecule has 4 nitrogen and oxygen atoms in total. The molecule has 0 aromatic carbocycles. The minimum absolute atomic E-state index is 0.793. The van der Waals surface area contributed by atoms with Crippen molar-refractivity contribution >= 4 is 27.2 Å². The lowest BCUT2D eigenvalue weighted by Gasteiger charge is -2.17. The second kappa shape index (κ2) is 3.51. The number of rotatable bonds is 0. The van der Waals surface area contributed by atoms with Crippen molar-refractivity contribution in [3.8, 4) is 0 Å². The van der Waals surface area contributed by atoms with Gasteiger partial charge >= 0.3 is 0 Å². The molecule has 3 aromatic rings. The molecule has 0 spiro atoms. The van der Waals surface area contributed by atoms with Crippen LogP contribution in [0.3, 0.4) is 0 Å². The highest BCUT2D eigenvalue weighted by Gasteiger charge is 2.23. The quantitative estimate of drug-likeness (QED) is 0.622. The molecule has 1 atom stereocenters. The zero-order chi connectivity index (χ0) is 12.3. The molecule has 0 radical (unpaired) electrons. The molecule has 92 valence electrons. The Morgan fingerprint density at radius 3 is 3.17 bits per heavy atom. The lowest BCUT2D eigenvalue weighted by Crippen LogP contribution is -2.08. The number of hydrogen-bond donors (Lipinski definition) is 0. The largest absolute Gasteiger partial charge is 0.269 e. The third-order valence-corrected chi connectivity index (χ3v) is 5.04. The van der Waals surface area contributed by atoms with Crippen molar-refractivity contribution in [2.75, 3.05) is 0 Å². The lowest BCUT2D eigenvalue weighted by molar-refractivity contribution is 0.509. The first-order valence-electron chi connectivity index (χ1n) is 6.34. The Kier molecular flexibility index (Phi) is 2.03. The number of nitrogens with zero attached hydrogens (tertiary/aromatic N) is 4. The number of aromatic nitrogens is 4. The fourth-order valence-electron chi connectivity index (χ4n) is 2.85. The van der Waals surface area contributed by atoms with Gasteiger partial charge < -0.3 is 0 Å². The molecule has 5 heteroatoms. The molecule has 0 bridgehead atoms. The fraction of sp³-hybridized carbons (Fsp3) is 0.462. The zero-order valence-electron chi connectivity index (χ0n) is 10.5. The molecule has 1 aliphatic carbocycles. The third-order valence-electron chi connectivity index (χ3n) is 3.87. The highest BCUT2D eigenvalue weighted by molar-refractivity contribution is 7.19. The normalized spacial score (nSPS) is 19.6. The van der Waals surface area contributed by atoms with Crippen molar-refractivity contribution in [2.24, 2.45) is 5.92 Å². The number of thiophene rings is 1. The van der Waals surface area contributed by atoms with Crippen LogP contribution in [0.5, 0.6) is 0 Å². The summed E-state index contributed by atoms with van der Waals surface area (Å²) >= 11 is 1.84. The number of hydrogen-bond acceptors (Lipinski definition) is 4. The van der Waals surface area contributed by atoms with Crippen LogP contribution in [-0.4, -0.2) is 19.6 Å². The summed E-state index contributed by atoms with van der Waals surface area (Å²) in [7, 11) is 0. The van der Waals surface area contributed by atoms with E-state index in [1.54, 1.807) is 0 Å². The van der Waals surface area contributed by atoms with Crippen LogP contribution in [0.1, 0.15) is 29.6 Å². The van der Waals surface area contributed by atoms with Gasteiger partial charge in [-0.15, -0.1) is 21.5 Å². The van der Waals surface area contributed by atoms with Gasteiger partial charge in [0.25, 0.3) is 0 Å². The molecule has 1 unspecified atom stereocenters. The molecule has 3 heterocycles. The molecule has 0 amide bonds. The molecule has 0 fully saturated rings. The van der Waals surface area contributed by atoms with Crippen molar-refractivity contribution in [2.45, 2.75) is 33.1 Å². The topological polar surface area (TPSA) is 43.1 Å². The third kappa shape index (κ3) is 1.28. The molecular weight excluding hydrogens is 244 g/mol. The Hall–Kier alpha value is -1.49. The first-order chi connectivity index (χ1) is 8.74. The molecule has 0 N–H and O–H groups in total. The summed E-state index contributed by atoms with van der Waals surface area (Å²) in [5, 5.41) is 9.73. The standard InChI is InChI=1S/C13H14N4S/c1-7-3-4-9-10(5-7)18-13-11(9)12-16-15-8(2)17(12)6-14-13/h6-7H,3-5H2,1-2H3. The Morgan fingerprint density at radius 2 is 2.28 bits per heavy atom. The van der Waals surface area contributed by atoms with Gasteiger partial charge in [0.1, 0.15) is 17.0 Å². The maximum atomic E-state index is 4.57. The van der Waals surface area contributed by atoms with Crippen LogP contribution < -0.4 is 0 Å². The van der Waals surface area contributed by atoms with Gasteiger partial charge in [0.2, 0.25) is 0 Å². The van der Waals surface area contributed by atoms with Crippen LogP contribution in [-0.2, 0) is 12.8 Å². The van der Waals surface area contributed by atoms with Gasteiger partial charge in [-0.3, -0.25) is 4.40 Å². The Morgan fingerprint density at radius 1 is 1.39 bits per heavy atom. The van der Waals surface area contributed by atoms with Gasteiger partial charge in [-0.1, -0.05) is 6.92 Å². The lowest BCUT2D eigenvalue weighted by atomic mass is 9.89. The summed E-state index contributed by atoms with van der Waals surface area (Å²) in [6.45, 7) is 4.30. The van der Waals surface area contributed by atoms with E-state index in [0.717, 1.165) is 28.6 Å². The van der Waals surface area contributed by atoms with Gasteiger partial charge in [-0.25, -0.2) is 4.98 Å². The molecule has 4 rings (SSSR count).